The summed E-state index contributed by atoms with van der Waals surface area (Å²) in [5.74, 6) is 3.13. The number of hydrogen-bond acceptors (Lipinski definition) is 2. The topological polar surface area (TPSA) is 26.0 Å². The molecular weight excluding hydrogens is 138 g/mol. The first kappa shape index (κ1) is 6.89. The number of oxazole rings is 1. The molecule has 2 nitrogen and oxygen atoms in total. The van der Waals surface area contributed by atoms with Crippen molar-refractivity contribution in [1.82, 2.24) is 4.98 Å². The van der Waals surface area contributed by atoms with Gasteiger partial charge in [-0.3, -0.25) is 0 Å². The van der Waals surface area contributed by atoms with Crippen molar-refractivity contribution >= 4 is 0 Å². The van der Waals surface area contributed by atoms with Crippen LogP contribution in [-0.4, -0.2) is 4.98 Å². The van der Waals surface area contributed by atoms with Crippen molar-refractivity contribution in [3.8, 4) is 0 Å². The smallest absolute Gasteiger partial charge is 0.197 e. The van der Waals surface area contributed by atoms with E-state index in [1.165, 1.54) is 6.42 Å². The Morgan fingerprint density at radius 2 is 2.45 bits per heavy atom. The van der Waals surface area contributed by atoms with Gasteiger partial charge in [0.15, 0.2) is 5.89 Å². The SMILES string of the molecule is CC(C)[C@H]1C[C@H]1c1ncco1. The molecule has 1 aromatic rings. The molecule has 2 atom stereocenters. The summed E-state index contributed by atoms with van der Waals surface area (Å²) in [5, 5.41) is 0. The Labute approximate surface area is 66.6 Å². The molecule has 1 aliphatic carbocycles. The van der Waals surface area contributed by atoms with Crippen molar-refractivity contribution in [3.63, 3.8) is 0 Å². The van der Waals surface area contributed by atoms with Gasteiger partial charge < -0.3 is 4.42 Å². The van der Waals surface area contributed by atoms with Crippen LogP contribution in [0, 0.1) is 11.8 Å². The Morgan fingerprint density at radius 1 is 1.64 bits per heavy atom. The first-order chi connectivity index (χ1) is 5.29. The Balaban J connectivity index is 2.02. The standard InChI is InChI=1S/C9H13NO/c1-6(2)7-5-8(7)9-10-3-4-11-9/h3-4,6-8H,5H2,1-2H3/t7-,8-/m1/s1. The molecule has 0 N–H and O–H groups in total. The van der Waals surface area contributed by atoms with E-state index >= 15 is 0 Å². The zero-order valence-electron chi connectivity index (χ0n) is 6.95. The second kappa shape index (κ2) is 2.36. The molecule has 1 aromatic heterocycles. The van der Waals surface area contributed by atoms with E-state index < -0.39 is 0 Å². The molecule has 0 saturated heterocycles. The van der Waals surface area contributed by atoms with Crippen molar-refractivity contribution in [3.05, 3.63) is 18.4 Å². The highest BCUT2D eigenvalue weighted by atomic mass is 16.3. The van der Waals surface area contributed by atoms with Crippen LogP contribution in [0.1, 0.15) is 32.1 Å². The lowest BCUT2D eigenvalue weighted by molar-refractivity contribution is 0.464. The van der Waals surface area contributed by atoms with Gasteiger partial charge in [-0.25, -0.2) is 4.98 Å². The average molecular weight is 151 g/mol. The summed E-state index contributed by atoms with van der Waals surface area (Å²) in [6.07, 6.45) is 4.65. The lowest BCUT2D eigenvalue weighted by Gasteiger charge is -1.98. The second-order valence-corrected chi connectivity index (χ2v) is 3.62. The zero-order chi connectivity index (χ0) is 7.84. The van der Waals surface area contributed by atoms with Crippen LogP contribution >= 0.6 is 0 Å². The molecule has 0 spiro atoms. The first-order valence-corrected chi connectivity index (χ1v) is 4.18. The largest absolute Gasteiger partial charge is 0.449 e. The maximum atomic E-state index is 5.23. The Kier molecular flexibility index (Phi) is 1.48. The molecule has 0 aliphatic heterocycles. The summed E-state index contributed by atoms with van der Waals surface area (Å²) in [7, 11) is 0. The fraction of sp³-hybridized carbons (Fsp3) is 0.667. The molecule has 2 heteroatoms. The van der Waals surface area contributed by atoms with Crippen LogP contribution in [-0.2, 0) is 0 Å². The van der Waals surface area contributed by atoms with Crippen molar-refractivity contribution in [1.29, 1.82) is 0 Å². The number of aromatic nitrogens is 1. The van der Waals surface area contributed by atoms with Crippen LogP contribution in [0.15, 0.2) is 16.9 Å². The predicted molar refractivity (Wildman–Crippen MR) is 42.2 cm³/mol. The number of rotatable bonds is 2. The monoisotopic (exact) mass is 151 g/mol. The molecule has 0 amide bonds. The molecule has 1 aliphatic rings. The molecule has 1 heterocycles. The first-order valence-electron chi connectivity index (χ1n) is 4.18. The third kappa shape index (κ3) is 1.17. The molecule has 0 radical (unpaired) electrons. The fourth-order valence-corrected chi connectivity index (χ4v) is 1.65. The molecular formula is C9H13NO. The summed E-state index contributed by atoms with van der Waals surface area (Å²) in [5.41, 5.74) is 0. The van der Waals surface area contributed by atoms with Gasteiger partial charge in [-0.05, 0) is 18.3 Å². The molecule has 1 fully saturated rings. The predicted octanol–water partition coefficient (Wildman–Crippen LogP) is 2.43. The molecule has 0 unspecified atom stereocenters. The van der Waals surface area contributed by atoms with Gasteiger partial charge in [-0.2, -0.15) is 0 Å². The third-order valence-corrected chi connectivity index (χ3v) is 2.46. The minimum atomic E-state index is 0.616. The maximum absolute atomic E-state index is 5.23. The lowest BCUT2D eigenvalue weighted by atomic mass is 10.1. The van der Waals surface area contributed by atoms with Gasteiger partial charge in [0.25, 0.3) is 0 Å². The summed E-state index contributed by atoms with van der Waals surface area (Å²) in [6, 6.07) is 0. The number of nitrogens with zero attached hydrogens (tertiary/aromatic N) is 1. The molecule has 60 valence electrons. The van der Waals surface area contributed by atoms with Crippen molar-refractivity contribution in [2.75, 3.05) is 0 Å². The summed E-state index contributed by atoms with van der Waals surface area (Å²) >= 11 is 0. The van der Waals surface area contributed by atoms with E-state index in [2.05, 4.69) is 18.8 Å². The minimum absolute atomic E-state index is 0.616. The van der Waals surface area contributed by atoms with E-state index in [1.54, 1.807) is 12.5 Å². The normalized spacial score (nSPS) is 29.4. The van der Waals surface area contributed by atoms with E-state index in [4.69, 9.17) is 4.42 Å². The van der Waals surface area contributed by atoms with Crippen LogP contribution in [0.25, 0.3) is 0 Å². The van der Waals surface area contributed by atoms with Crippen molar-refractivity contribution in [2.45, 2.75) is 26.2 Å². The van der Waals surface area contributed by atoms with Gasteiger partial charge in [-0.15, -0.1) is 0 Å². The molecule has 2 rings (SSSR count). The van der Waals surface area contributed by atoms with Crippen LogP contribution in [0.2, 0.25) is 0 Å². The van der Waals surface area contributed by atoms with Crippen LogP contribution < -0.4 is 0 Å². The average Bonchev–Trinajstić information content (AvgIpc) is 2.60. The Bertz CT molecular complexity index is 228. The Hall–Kier alpha value is -0.790. The van der Waals surface area contributed by atoms with E-state index in [-0.39, 0.29) is 0 Å². The van der Waals surface area contributed by atoms with Crippen LogP contribution in [0.4, 0.5) is 0 Å². The molecule has 11 heavy (non-hydrogen) atoms. The summed E-state index contributed by atoms with van der Waals surface area (Å²) < 4.78 is 5.23. The molecule has 0 aromatic carbocycles. The van der Waals surface area contributed by atoms with Crippen LogP contribution in [0.3, 0.4) is 0 Å². The van der Waals surface area contributed by atoms with Crippen molar-refractivity contribution in [2.24, 2.45) is 11.8 Å². The second-order valence-electron chi connectivity index (χ2n) is 3.62. The maximum Gasteiger partial charge on any atom is 0.197 e. The van der Waals surface area contributed by atoms with E-state index in [9.17, 15) is 0 Å². The Morgan fingerprint density at radius 3 is 2.91 bits per heavy atom. The van der Waals surface area contributed by atoms with E-state index in [0.717, 1.165) is 17.7 Å². The van der Waals surface area contributed by atoms with Gasteiger partial charge in [0.1, 0.15) is 6.26 Å². The number of hydrogen-bond donors (Lipinski definition) is 0. The van der Waals surface area contributed by atoms with Crippen molar-refractivity contribution < 1.29 is 4.42 Å². The summed E-state index contributed by atoms with van der Waals surface area (Å²) in [4.78, 5) is 4.14. The van der Waals surface area contributed by atoms with E-state index in [1.807, 2.05) is 0 Å². The minimum Gasteiger partial charge on any atom is -0.449 e. The highest BCUT2D eigenvalue weighted by Gasteiger charge is 2.43. The fourth-order valence-electron chi connectivity index (χ4n) is 1.65. The quantitative estimate of drug-likeness (QED) is 0.648. The highest BCUT2D eigenvalue weighted by molar-refractivity contribution is 5.07. The van der Waals surface area contributed by atoms with Gasteiger partial charge >= 0.3 is 0 Å². The zero-order valence-corrected chi connectivity index (χ0v) is 6.95. The molecule has 0 bridgehead atoms. The molecule has 1 saturated carbocycles. The van der Waals surface area contributed by atoms with Crippen LogP contribution in [0.5, 0.6) is 0 Å². The summed E-state index contributed by atoms with van der Waals surface area (Å²) in [6.45, 7) is 4.52. The van der Waals surface area contributed by atoms with E-state index in [0.29, 0.717) is 5.92 Å². The van der Waals surface area contributed by atoms with Gasteiger partial charge in [0.05, 0.1) is 6.20 Å². The third-order valence-electron chi connectivity index (χ3n) is 2.46. The van der Waals surface area contributed by atoms with Gasteiger partial charge in [-0.1, -0.05) is 13.8 Å². The lowest BCUT2D eigenvalue weighted by Crippen LogP contribution is -1.91. The van der Waals surface area contributed by atoms with Gasteiger partial charge in [0, 0.05) is 5.92 Å². The van der Waals surface area contributed by atoms with Gasteiger partial charge in [0.2, 0.25) is 0 Å². The highest BCUT2D eigenvalue weighted by Crippen LogP contribution is 2.50.